The molecule has 0 bridgehead atoms. The van der Waals surface area contributed by atoms with Crippen molar-refractivity contribution >= 4 is 17.3 Å². The van der Waals surface area contributed by atoms with Gasteiger partial charge in [0.1, 0.15) is 0 Å². The number of rotatable bonds is 3. The van der Waals surface area contributed by atoms with Crippen LogP contribution in [0.25, 0.3) is 0 Å². The van der Waals surface area contributed by atoms with Crippen LogP contribution in [0, 0.1) is 12.7 Å². The van der Waals surface area contributed by atoms with Gasteiger partial charge in [-0.2, -0.15) is 0 Å². The Hall–Kier alpha value is -1.95. The molecular formula is C11H8FNO3S. The van der Waals surface area contributed by atoms with Crippen molar-refractivity contribution in [1.82, 2.24) is 4.98 Å². The number of hydrogen-bond donors (Lipinski definition) is 1. The van der Waals surface area contributed by atoms with Gasteiger partial charge in [0.25, 0.3) is 0 Å². The molecule has 1 aromatic heterocycles. The third-order valence-electron chi connectivity index (χ3n) is 1.98. The van der Waals surface area contributed by atoms with Crippen LogP contribution in [0.15, 0.2) is 24.3 Å². The average molecular weight is 253 g/mol. The van der Waals surface area contributed by atoms with Crippen LogP contribution in [-0.4, -0.2) is 16.1 Å². The fourth-order valence-corrected chi connectivity index (χ4v) is 1.97. The highest BCUT2D eigenvalue weighted by Gasteiger charge is 2.15. The standard InChI is InChI=1S/C11H8FNO3S/c1-6-11(17-9(13-6)10(14)15)16-8-5-3-2-4-7(8)12/h2-5H,1H3,(H,14,15). The fraction of sp³-hybridized carbons (Fsp3) is 0.0909. The normalized spacial score (nSPS) is 10.2. The van der Waals surface area contributed by atoms with Crippen LogP contribution in [-0.2, 0) is 0 Å². The first-order valence-electron chi connectivity index (χ1n) is 4.71. The van der Waals surface area contributed by atoms with E-state index in [1.54, 1.807) is 19.1 Å². The van der Waals surface area contributed by atoms with Gasteiger partial charge < -0.3 is 9.84 Å². The van der Waals surface area contributed by atoms with E-state index in [1.165, 1.54) is 12.1 Å². The van der Waals surface area contributed by atoms with E-state index in [-0.39, 0.29) is 15.8 Å². The van der Waals surface area contributed by atoms with Crippen molar-refractivity contribution in [3.05, 3.63) is 40.8 Å². The predicted molar refractivity (Wildman–Crippen MR) is 60.3 cm³/mol. The minimum atomic E-state index is -1.12. The summed E-state index contributed by atoms with van der Waals surface area (Å²) in [6, 6.07) is 5.91. The van der Waals surface area contributed by atoms with Gasteiger partial charge in [-0.05, 0) is 19.1 Å². The van der Waals surface area contributed by atoms with Gasteiger partial charge in [0.05, 0.1) is 5.69 Å². The monoisotopic (exact) mass is 253 g/mol. The molecule has 1 heterocycles. The molecule has 0 aliphatic carbocycles. The molecule has 6 heteroatoms. The highest BCUT2D eigenvalue weighted by molar-refractivity contribution is 7.15. The van der Waals surface area contributed by atoms with Crippen LogP contribution >= 0.6 is 11.3 Å². The van der Waals surface area contributed by atoms with Crippen LogP contribution in [0.2, 0.25) is 0 Å². The van der Waals surface area contributed by atoms with Crippen LogP contribution in [0.4, 0.5) is 4.39 Å². The van der Waals surface area contributed by atoms with Gasteiger partial charge in [0.2, 0.25) is 10.1 Å². The van der Waals surface area contributed by atoms with Crippen molar-refractivity contribution in [2.45, 2.75) is 6.92 Å². The molecule has 88 valence electrons. The minimum Gasteiger partial charge on any atom is -0.476 e. The highest BCUT2D eigenvalue weighted by atomic mass is 32.1. The first kappa shape index (κ1) is 11.5. The molecule has 0 radical (unpaired) electrons. The second-order valence-electron chi connectivity index (χ2n) is 3.23. The van der Waals surface area contributed by atoms with Crippen LogP contribution in [0.5, 0.6) is 10.8 Å². The number of nitrogens with zero attached hydrogens (tertiary/aromatic N) is 1. The predicted octanol–water partition coefficient (Wildman–Crippen LogP) is 3.08. The number of thiazole rings is 1. The zero-order valence-corrected chi connectivity index (χ0v) is 9.62. The Morgan fingerprint density at radius 1 is 1.47 bits per heavy atom. The summed E-state index contributed by atoms with van der Waals surface area (Å²) in [5.41, 5.74) is 0.427. The first-order valence-corrected chi connectivity index (χ1v) is 5.52. The third-order valence-corrected chi connectivity index (χ3v) is 3.00. The second kappa shape index (κ2) is 4.50. The van der Waals surface area contributed by atoms with Gasteiger partial charge in [-0.3, -0.25) is 0 Å². The van der Waals surface area contributed by atoms with Crippen LogP contribution < -0.4 is 4.74 Å². The van der Waals surface area contributed by atoms with E-state index in [2.05, 4.69) is 4.98 Å². The number of aromatic nitrogens is 1. The topological polar surface area (TPSA) is 59.4 Å². The maximum atomic E-state index is 13.3. The maximum absolute atomic E-state index is 13.3. The van der Waals surface area contributed by atoms with E-state index < -0.39 is 11.8 Å². The Morgan fingerprint density at radius 3 is 2.76 bits per heavy atom. The summed E-state index contributed by atoms with van der Waals surface area (Å²) in [6.07, 6.45) is 0. The minimum absolute atomic E-state index is 0.0520. The van der Waals surface area contributed by atoms with E-state index in [1.807, 2.05) is 0 Å². The quantitative estimate of drug-likeness (QED) is 0.913. The van der Waals surface area contributed by atoms with Crippen molar-refractivity contribution < 1.29 is 19.0 Å². The molecule has 0 amide bonds. The number of aromatic carboxylic acids is 1. The Morgan fingerprint density at radius 2 is 2.18 bits per heavy atom. The molecule has 0 spiro atoms. The van der Waals surface area contributed by atoms with Crippen molar-refractivity contribution in [3.8, 4) is 10.8 Å². The zero-order valence-electron chi connectivity index (χ0n) is 8.81. The number of carboxylic acids is 1. The van der Waals surface area contributed by atoms with Crippen molar-refractivity contribution in [1.29, 1.82) is 0 Å². The number of carbonyl (C=O) groups is 1. The number of halogens is 1. The molecule has 1 N–H and O–H groups in total. The molecule has 2 rings (SSSR count). The number of para-hydroxylation sites is 1. The summed E-state index contributed by atoms with van der Waals surface area (Å²) in [5, 5.41) is 8.97. The molecule has 0 aliphatic heterocycles. The molecular weight excluding hydrogens is 245 g/mol. The molecule has 0 saturated heterocycles. The molecule has 1 aromatic carbocycles. The Balaban J connectivity index is 2.30. The number of ether oxygens (including phenoxy) is 1. The van der Waals surface area contributed by atoms with Gasteiger partial charge in [-0.15, -0.1) is 0 Å². The number of hydrogen-bond acceptors (Lipinski definition) is 4. The van der Waals surface area contributed by atoms with Gasteiger partial charge >= 0.3 is 5.97 Å². The summed E-state index contributed by atoms with van der Waals surface area (Å²) in [6.45, 7) is 1.61. The lowest BCUT2D eigenvalue weighted by Gasteiger charge is -2.03. The lowest BCUT2D eigenvalue weighted by Crippen LogP contribution is -1.93. The first-order chi connectivity index (χ1) is 8.08. The molecule has 2 aromatic rings. The summed E-state index contributed by atoms with van der Waals surface area (Å²) >= 11 is 0.872. The fourth-order valence-electron chi connectivity index (χ4n) is 1.20. The summed E-state index contributed by atoms with van der Waals surface area (Å²) < 4.78 is 18.6. The SMILES string of the molecule is Cc1nc(C(=O)O)sc1Oc1ccccc1F. The van der Waals surface area contributed by atoms with Gasteiger partial charge in [-0.25, -0.2) is 14.2 Å². The Kier molecular flexibility index (Phi) is 3.06. The molecule has 0 unspecified atom stereocenters. The molecule has 0 atom stereocenters. The summed E-state index contributed by atoms with van der Waals surface area (Å²) in [4.78, 5) is 14.5. The van der Waals surface area contributed by atoms with Crippen LogP contribution in [0.1, 0.15) is 15.5 Å². The van der Waals surface area contributed by atoms with E-state index in [9.17, 15) is 9.18 Å². The summed E-state index contributed by atoms with van der Waals surface area (Å²) in [7, 11) is 0. The number of carboxylic acid groups (broad SMARTS) is 1. The Labute approximate surface area is 100 Å². The molecule has 0 fully saturated rings. The third kappa shape index (κ3) is 2.42. The lowest BCUT2D eigenvalue weighted by molar-refractivity contribution is 0.0696. The smallest absolute Gasteiger partial charge is 0.365 e. The highest BCUT2D eigenvalue weighted by Crippen LogP contribution is 2.32. The molecule has 0 saturated carbocycles. The average Bonchev–Trinajstić information content (AvgIpc) is 2.64. The van der Waals surface area contributed by atoms with Gasteiger partial charge in [0, 0.05) is 0 Å². The van der Waals surface area contributed by atoms with Crippen LogP contribution in [0.3, 0.4) is 0 Å². The lowest BCUT2D eigenvalue weighted by atomic mass is 10.3. The van der Waals surface area contributed by atoms with E-state index in [4.69, 9.17) is 9.84 Å². The van der Waals surface area contributed by atoms with Crippen molar-refractivity contribution in [2.75, 3.05) is 0 Å². The van der Waals surface area contributed by atoms with Crippen molar-refractivity contribution in [2.24, 2.45) is 0 Å². The second-order valence-corrected chi connectivity index (χ2v) is 4.19. The number of benzene rings is 1. The van der Waals surface area contributed by atoms with Gasteiger partial charge in [0.15, 0.2) is 11.6 Å². The van der Waals surface area contributed by atoms with Gasteiger partial charge in [-0.1, -0.05) is 23.5 Å². The van der Waals surface area contributed by atoms with E-state index in [0.29, 0.717) is 5.69 Å². The summed E-state index contributed by atoms with van der Waals surface area (Å²) in [5.74, 6) is -1.57. The Bertz CT molecular complexity index is 568. The zero-order chi connectivity index (χ0) is 12.4. The largest absolute Gasteiger partial charge is 0.476 e. The molecule has 4 nitrogen and oxygen atoms in total. The molecule has 17 heavy (non-hydrogen) atoms. The molecule has 0 aliphatic rings. The van der Waals surface area contributed by atoms with Crippen molar-refractivity contribution in [3.63, 3.8) is 0 Å². The van der Waals surface area contributed by atoms with E-state index in [0.717, 1.165) is 11.3 Å². The maximum Gasteiger partial charge on any atom is 0.365 e. The van der Waals surface area contributed by atoms with E-state index >= 15 is 0 Å². The number of aryl methyl sites for hydroxylation is 1.